The van der Waals surface area contributed by atoms with Crippen LogP contribution in [0.1, 0.15) is 22.8 Å². The molecule has 0 aromatic heterocycles. The third kappa shape index (κ3) is 4.57. The molecule has 0 unspecified atom stereocenters. The Bertz CT molecular complexity index is 698. The number of hydrogen-bond acceptors (Lipinski definition) is 3. The SMILES string of the molecule is CCOc1ccccc1C(=O)NCC(=O)Nc1ccccc1C. The van der Waals surface area contributed by atoms with Crippen LogP contribution in [0.4, 0.5) is 5.69 Å². The van der Waals surface area contributed by atoms with E-state index in [1.807, 2.05) is 38.1 Å². The lowest BCUT2D eigenvalue weighted by Crippen LogP contribution is -2.33. The van der Waals surface area contributed by atoms with Gasteiger partial charge in [0.2, 0.25) is 5.91 Å². The van der Waals surface area contributed by atoms with Crippen LogP contribution in [0.15, 0.2) is 48.5 Å². The number of rotatable bonds is 6. The largest absolute Gasteiger partial charge is 0.493 e. The molecule has 0 fully saturated rings. The van der Waals surface area contributed by atoms with Gasteiger partial charge in [0, 0.05) is 5.69 Å². The molecule has 2 aromatic carbocycles. The summed E-state index contributed by atoms with van der Waals surface area (Å²) in [6.07, 6.45) is 0. The van der Waals surface area contributed by atoms with Crippen molar-refractivity contribution in [3.05, 3.63) is 59.7 Å². The van der Waals surface area contributed by atoms with Gasteiger partial charge in [-0.15, -0.1) is 0 Å². The minimum atomic E-state index is -0.339. The number of hydrogen-bond donors (Lipinski definition) is 2. The Kier molecular flexibility index (Phi) is 5.74. The van der Waals surface area contributed by atoms with Crippen LogP contribution in [-0.2, 0) is 4.79 Å². The zero-order chi connectivity index (χ0) is 16.7. The quantitative estimate of drug-likeness (QED) is 0.862. The molecule has 0 atom stereocenters. The summed E-state index contributed by atoms with van der Waals surface area (Å²) in [6, 6.07) is 14.4. The Balaban J connectivity index is 1.94. The zero-order valence-electron chi connectivity index (χ0n) is 13.3. The van der Waals surface area contributed by atoms with Crippen molar-refractivity contribution >= 4 is 17.5 Å². The van der Waals surface area contributed by atoms with E-state index < -0.39 is 0 Å². The average Bonchev–Trinajstić information content (AvgIpc) is 2.55. The van der Waals surface area contributed by atoms with Crippen molar-refractivity contribution in [3.63, 3.8) is 0 Å². The van der Waals surface area contributed by atoms with E-state index in [1.165, 1.54) is 0 Å². The molecular formula is C18H20N2O3. The number of ether oxygens (including phenoxy) is 1. The van der Waals surface area contributed by atoms with Gasteiger partial charge in [0.05, 0.1) is 18.7 Å². The van der Waals surface area contributed by atoms with Gasteiger partial charge in [-0.1, -0.05) is 30.3 Å². The van der Waals surface area contributed by atoms with Crippen LogP contribution in [0, 0.1) is 6.92 Å². The van der Waals surface area contributed by atoms with Crippen LogP contribution < -0.4 is 15.4 Å². The summed E-state index contributed by atoms with van der Waals surface area (Å²) in [6.45, 7) is 4.13. The first-order chi connectivity index (χ1) is 11.1. The van der Waals surface area contributed by atoms with Gasteiger partial charge in [0.1, 0.15) is 5.75 Å². The van der Waals surface area contributed by atoms with Crippen molar-refractivity contribution in [3.8, 4) is 5.75 Å². The van der Waals surface area contributed by atoms with Crippen molar-refractivity contribution < 1.29 is 14.3 Å². The molecule has 0 saturated heterocycles. The maximum atomic E-state index is 12.2. The second kappa shape index (κ2) is 7.98. The Morgan fingerprint density at radius 3 is 2.48 bits per heavy atom. The van der Waals surface area contributed by atoms with E-state index in [4.69, 9.17) is 4.74 Å². The van der Waals surface area contributed by atoms with Gasteiger partial charge in [0.25, 0.3) is 5.91 Å². The summed E-state index contributed by atoms with van der Waals surface area (Å²) >= 11 is 0. The summed E-state index contributed by atoms with van der Waals surface area (Å²) in [5.41, 5.74) is 2.12. The fourth-order valence-electron chi connectivity index (χ4n) is 2.10. The molecule has 0 aliphatic carbocycles. The van der Waals surface area contributed by atoms with Gasteiger partial charge in [-0.2, -0.15) is 0 Å². The maximum absolute atomic E-state index is 12.2. The molecule has 2 aromatic rings. The lowest BCUT2D eigenvalue weighted by molar-refractivity contribution is -0.115. The van der Waals surface area contributed by atoms with Crippen molar-refractivity contribution in [2.45, 2.75) is 13.8 Å². The lowest BCUT2D eigenvalue weighted by atomic mass is 10.2. The number of carbonyl (C=O) groups is 2. The van der Waals surface area contributed by atoms with Crippen LogP contribution in [0.25, 0.3) is 0 Å². The van der Waals surface area contributed by atoms with Crippen LogP contribution >= 0.6 is 0 Å². The molecule has 0 spiro atoms. The zero-order valence-corrected chi connectivity index (χ0v) is 13.3. The summed E-state index contributed by atoms with van der Waals surface area (Å²) in [4.78, 5) is 24.1. The fraction of sp³-hybridized carbons (Fsp3) is 0.222. The van der Waals surface area contributed by atoms with E-state index in [0.717, 1.165) is 11.3 Å². The lowest BCUT2D eigenvalue weighted by Gasteiger charge is -2.11. The third-order valence-corrected chi connectivity index (χ3v) is 3.26. The van der Waals surface area contributed by atoms with Crippen LogP contribution in [-0.4, -0.2) is 25.0 Å². The van der Waals surface area contributed by atoms with Crippen LogP contribution in [0.3, 0.4) is 0 Å². The summed E-state index contributed by atoms with van der Waals surface area (Å²) in [5.74, 6) is -0.109. The van der Waals surface area contributed by atoms with Gasteiger partial charge in [0.15, 0.2) is 0 Å². The van der Waals surface area contributed by atoms with Gasteiger partial charge < -0.3 is 15.4 Å². The van der Waals surface area contributed by atoms with Crippen molar-refractivity contribution in [2.75, 3.05) is 18.5 Å². The smallest absolute Gasteiger partial charge is 0.255 e. The van der Waals surface area contributed by atoms with E-state index in [1.54, 1.807) is 24.3 Å². The second-order valence-electron chi connectivity index (χ2n) is 4.97. The highest BCUT2D eigenvalue weighted by atomic mass is 16.5. The monoisotopic (exact) mass is 312 g/mol. The maximum Gasteiger partial charge on any atom is 0.255 e. The van der Waals surface area contributed by atoms with E-state index in [0.29, 0.717) is 17.9 Å². The normalized spacial score (nSPS) is 10.0. The molecule has 0 heterocycles. The molecule has 5 nitrogen and oxygen atoms in total. The summed E-state index contributed by atoms with van der Waals surface area (Å²) in [7, 11) is 0. The van der Waals surface area contributed by atoms with Gasteiger partial charge in [-0.05, 0) is 37.6 Å². The molecule has 2 amide bonds. The highest BCUT2D eigenvalue weighted by Crippen LogP contribution is 2.17. The van der Waals surface area contributed by atoms with E-state index in [-0.39, 0.29) is 18.4 Å². The Morgan fingerprint density at radius 1 is 1.04 bits per heavy atom. The van der Waals surface area contributed by atoms with Crippen molar-refractivity contribution in [2.24, 2.45) is 0 Å². The predicted molar refractivity (Wildman–Crippen MR) is 89.8 cm³/mol. The number of para-hydroxylation sites is 2. The molecule has 0 aliphatic heterocycles. The molecule has 0 saturated carbocycles. The van der Waals surface area contributed by atoms with E-state index in [2.05, 4.69) is 10.6 Å². The minimum Gasteiger partial charge on any atom is -0.493 e. The van der Waals surface area contributed by atoms with E-state index in [9.17, 15) is 9.59 Å². The van der Waals surface area contributed by atoms with Gasteiger partial charge >= 0.3 is 0 Å². The molecule has 120 valence electrons. The average molecular weight is 312 g/mol. The Hall–Kier alpha value is -2.82. The van der Waals surface area contributed by atoms with Crippen LogP contribution in [0.5, 0.6) is 5.75 Å². The summed E-state index contributed by atoms with van der Waals surface area (Å²) < 4.78 is 5.41. The molecule has 23 heavy (non-hydrogen) atoms. The molecular weight excluding hydrogens is 292 g/mol. The Labute approximate surface area is 135 Å². The Morgan fingerprint density at radius 2 is 1.74 bits per heavy atom. The number of nitrogens with one attached hydrogen (secondary N) is 2. The summed E-state index contributed by atoms with van der Waals surface area (Å²) in [5, 5.41) is 5.38. The first-order valence-corrected chi connectivity index (χ1v) is 7.47. The number of aryl methyl sites for hydroxylation is 1. The first-order valence-electron chi connectivity index (χ1n) is 7.47. The standard InChI is InChI=1S/C18H20N2O3/c1-3-23-16-11-7-5-9-14(16)18(22)19-12-17(21)20-15-10-6-4-8-13(15)2/h4-11H,3,12H2,1-2H3,(H,19,22)(H,20,21). The third-order valence-electron chi connectivity index (χ3n) is 3.26. The van der Waals surface area contributed by atoms with E-state index >= 15 is 0 Å². The number of anilines is 1. The van der Waals surface area contributed by atoms with Crippen molar-refractivity contribution in [1.82, 2.24) is 5.32 Å². The number of amides is 2. The number of carbonyl (C=O) groups excluding carboxylic acids is 2. The van der Waals surface area contributed by atoms with Crippen molar-refractivity contribution in [1.29, 1.82) is 0 Å². The molecule has 0 bridgehead atoms. The minimum absolute atomic E-state index is 0.104. The molecule has 2 rings (SSSR count). The molecule has 5 heteroatoms. The molecule has 0 aliphatic rings. The van der Waals surface area contributed by atoms with Gasteiger partial charge in [-0.3, -0.25) is 9.59 Å². The second-order valence-corrected chi connectivity index (χ2v) is 4.97. The molecule has 2 N–H and O–H groups in total. The molecule has 0 radical (unpaired) electrons. The van der Waals surface area contributed by atoms with Crippen LogP contribution in [0.2, 0.25) is 0 Å². The predicted octanol–water partition coefficient (Wildman–Crippen LogP) is 2.76. The highest BCUT2D eigenvalue weighted by molar-refractivity contribution is 6.01. The first kappa shape index (κ1) is 16.5. The fourth-order valence-corrected chi connectivity index (χ4v) is 2.10. The topological polar surface area (TPSA) is 67.4 Å². The highest BCUT2D eigenvalue weighted by Gasteiger charge is 2.13. The van der Waals surface area contributed by atoms with Gasteiger partial charge in [-0.25, -0.2) is 0 Å². The number of benzene rings is 2.